The summed E-state index contributed by atoms with van der Waals surface area (Å²) in [7, 11) is 0. The maximum atomic E-state index is 12.8. The topological polar surface area (TPSA) is 26.0 Å². The van der Waals surface area contributed by atoms with E-state index in [-0.39, 0.29) is 5.82 Å². The highest BCUT2D eigenvalue weighted by molar-refractivity contribution is 5.63. The van der Waals surface area contributed by atoms with E-state index in [1.807, 2.05) is 12.1 Å². The molecule has 0 radical (unpaired) electrons. The van der Waals surface area contributed by atoms with Crippen LogP contribution >= 0.6 is 0 Å². The molecule has 0 saturated carbocycles. The fourth-order valence-electron chi connectivity index (χ4n) is 1.67. The Balaban J connectivity index is 2.24. The van der Waals surface area contributed by atoms with Gasteiger partial charge in [0.2, 0.25) is 0 Å². The molecule has 0 aliphatic carbocycles. The minimum atomic E-state index is -0.205. The van der Waals surface area contributed by atoms with Gasteiger partial charge in [0, 0.05) is 0 Å². The third-order valence-electron chi connectivity index (χ3n) is 2.56. The van der Waals surface area contributed by atoms with Crippen LogP contribution < -0.4 is 5.73 Å². The van der Waals surface area contributed by atoms with Gasteiger partial charge >= 0.3 is 0 Å². The highest BCUT2D eigenvalue weighted by Gasteiger charge is 1.98. The van der Waals surface area contributed by atoms with Crippen LogP contribution in [-0.4, -0.2) is 6.54 Å². The highest BCUT2D eigenvalue weighted by atomic mass is 19.1. The average molecular weight is 215 g/mol. The third-order valence-corrected chi connectivity index (χ3v) is 2.56. The lowest BCUT2D eigenvalue weighted by Gasteiger charge is -2.03. The van der Waals surface area contributed by atoms with Gasteiger partial charge in [-0.1, -0.05) is 36.4 Å². The minimum absolute atomic E-state index is 0.205. The van der Waals surface area contributed by atoms with Crippen LogP contribution in [0, 0.1) is 5.82 Å². The fraction of sp³-hybridized carbons (Fsp3) is 0.143. The summed E-state index contributed by atoms with van der Waals surface area (Å²) in [5, 5.41) is 0. The summed E-state index contributed by atoms with van der Waals surface area (Å²) in [6.45, 7) is 0.663. The quantitative estimate of drug-likeness (QED) is 0.836. The first kappa shape index (κ1) is 10.8. The van der Waals surface area contributed by atoms with Crippen LogP contribution in [0.2, 0.25) is 0 Å². The van der Waals surface area contributed by atoms with Gasteiger partial charge in [-0.05, 0) is 41.8 Å². The van der Waals surface area contributed by atoms with E-state index in [0.717, 1.165) is 17.5 Å². The second-order valence-electron chi connectivity index (χ2n) is 3.74. The molecule has 0 spiro atoms. The molecule has 16 heavy (non-hydrogen) atoms. The van der Waals surface area contributed by atoms with E-state index in [2.05, 4.69) is 12.1 Å². The zero-order valence-electron chi connectivity index (χ0n) is 8.99. The summed E-state index contributed by atoms with van der Waals surface area (Å²) >= 11 is 0. The molecule has 2 rings (SSSR count). The third kappa shape index (κ3) is 2.47. The van der Waals surface area contributed by atoms with Gasteiger partial charge in [0.15, 0.2) is 0 Å². The molecule has 0 aliphatic heterocycles. The van der Waals surface area contributed by atoms with Crippen LogP contribution in [0.25, 0.3) is 11.1 Å². The van der Waals surface area contributed by atoms with Gasteiger partial charge in [0.1, 0.15) is 5.82 Å². The molecule has 0 saturated heterocycles. The summed E-state index contributed by atoms with van der Waals surface area (Å²) in [6.07, 6.45) is 0.893. The minimum Gasteiger partial charge on any atom is -0.330 e. The number of nitrogens with two attached hydrogens (primary N) is 1. The Bertz CT molecular complexity index is 445. The Kier molecular flexibility index (Phi) is 3.32. The van der Waals surface area contributed by atoms with Gasteiger partial charge in [-0.2, -0.15) is 0 Å². The van der Waals surface area contributed by atoms with Crippen LogP contribution in [-0.2, 0) is 6.42 Å². The zero-order chi connectivity index (χ0) is 11.4. The Morgan fingerprint density at radius 2 is 1.31 bits per heavy atom. The SMILES string of the molecule is NCCc1ccc(-c2ccc(F)cc2)cc1. The Morgan fingerprint density at radius 3 is 1.81 bits per heavy atom. The van der Waals surface area contributed by atoms with E-state index in [0.29, 0.717) is 6.54 Å². The number of benzene rings is 2. The molecule has 0 fully saturated rings. The lowest BCUT2D eigenvalue weighted by molar-refractivity contribution is 0.628. The van der Waals surface area contributed by atoms with E-state index in [1.54, 1.807) is 12.1 Å². The molecule has 0 atom stereocenters. The van der Waals surface area contributed by atoms with Crippen LogP contribution in [0.5, 0.6) is 0 Å². The van der Waals surface area contributed by atoms with E-state index in [1.165, 1.54) is 17.7 Å². The first-order valence-electron chi connectivity index (χ1n) is 5.34. The van der Waals surface area contributed by atoms with Crippen LogP contribution in [0.15, 0.2) is 48.5 Å². The lowest BCUT2D eigenvalue weighted by Crippen LogP contribution is -2.02. The number of hydrogen-bond acceptors (Lipinski definition) is 1. The smallest absolute Gasteiger partial charge is 0.123 e. The van der Waals surface area contributed by atoms with Crippen LogP contribution in [0.4, 0.5) is 4.39 Å². The van der Waals surface area contributed by atoms with Gasteiger partial charge < -0.3 is 5.73 Å². The summed E-state index contributed by atoms with van der Waals surface area (Å²) in [4.78, 5) is 0. The molecule has 0 heterocycles. The summed E-state index contributed by atoms with van der Waals surface area (Å²) < 4.78 is 12.8. The molecule has 2 aromatic rings. The van der Waals surface area contributed by atoms with Crippen molar-refractivity contribution >= 4 is 0 Å². The van der Waals surface area contributed by atoms with Crippen molar-refractivity contribution in [3.63, 3.8) is 0 Å². The van der Waals surface area contributed by atoms with Crippen LogP contribution in [0.3, 0.4) is 0 Å². The van der Waals surface area contributed by atoms with Crippen molar-refractivity contribution < 1.29 is 4.39 Å². The molecule has 0 bridgehead atoms. The molecular formula is C14H14FN. The largest absolute Gasteiger partial charge is 0.330 e. The molecular weight excluding hydrogens is 201 g/mol. The Labute approximate surface area is 94.7 Å². The van der Waals surface area contributed by atoms with Gasteiger partial charge in [0.25, 0.3) is 0 Å². The Morgan fingerprint density at radius 1 is 0.812 bits per heavy atom. The summed E-state index contributed by atoms with van der Waals surface area (Å²) in [5.41, 5.74) is 8.84. The van der Waals surface area contributed by atoms with E-state index < -0.39 is 0 Å². The first-order chi connectivity index (χ1) is 7.79. The zero-order valence-corrected chi connectivity index (χ0v) is 8.99. The molecule has 0 aromatic heterocycles. The lowest BCUT2D eigenvalue weighted by atomic mass is 10.0. The molecule has 0 amide bonds. The molecule has 0 aliphatic rings. The monoisotopic (exact) mass is 215 g/mol. The number of rotatable bonds is 3. The van der Waals surface area contributed by atoms with Gasteiger partial charge in [-0.25, -0.2) is 4.39 Å². The number of hydrogen-bond donors (Lipinski definition) is 1. The molecule has 2 aromatic carbocycles. The van der Waals surface area contributed by atoms with E-state index in [9.17, 15) is 4.39 Å². The normalized spacial score (nSPS) is 10.4. The van der Waals surface area contributed by atoms with Crippen molar-refractivity contribution in [3.05, 3.63) is 59.9 Å². The standard InChI is InChI=1S/C14H14FN/c15-14-7-5-13(6-8-14)12-3-1-11(2-4-12)9-10-16/h1-8H,9-10,16H2. The Hall–Kier alpha value is -1.67. The van der Waals surface area contributed by atoms with Crippen LogP contribution in [0.1, 0.15) is 5.56 Å². The van der Waals surface area contributed by atoms with E-state index >= 15 is 0 Å². The first-order valence-corrected chi connectivity index (χ1v) is 5.34. The van der Waals surface area contributed by atoms with Crippen molar-refractivity contribution in [3.8, 4) is 11.1 Å². The molecule has 2 N–H and O–H groups in total. The maximum absolute atomic E-state index is 12.8. The van der Waals surface area contributed by atoms with Crippen molar-refractivity contribution in [2.24, 2.45) is 5.73 Å². The van der Waals surface area contributed by atoms with Crippen molar-refractivity contribution in [1.82, 2.24) is 0 Å². The van der Waals surface area contributed by atoms with Gasteiger partial charge in [-0.3, -0.25) is 0 Å². The van der Waals surface area contributed by atoms with Gasteiger partial charge in [0.05, 0.1) is 0 Å². The second kappa shape index (κ2) is 4.90. The predicted octanol–water partition coefficient (Wildman–Crippen LogP) is 2.99. The van der Waals surface area contributed by atoms with Crippen molar-refractivity contribution in [2.75, 3.05) is 6.54 Å². The average Bonchev–Trinajstić information content (AvgIpc) is 2.32. The van der Waals surface area contributed by atoms with Gasteiger partial charge in [-0.15, -0.1) is 0 Å². The summed E-state index contributed by atoms with van der Waals surface area (Å²) in [6, 6.07) is 14.7. The fourth-order valence-corrected chi connectivity index (χ4v) is 1.67. The molecule has 2 heteroatoms. The predicted molar refractivity (Wildman–Crippen MR) is 64.6 cm³/mol. The van der Waals surface area contributed by atoms with Crippen molar-refractivity contribution in [2.45, 2.75) is 6.42 Å². The van der Waals surface area contributed by atoms with Crippen molar-refractivity contribution in [1.29, 1.82) is 0 Å². The number of halogens is 1. The second-order valence-corrected chi connectivity index (χ2v) is 3.74. The summed E-state index contributed by atoms with van der Waals surface area (Å²) in [5.74, 6) is -0.205. The molecule has 82 valence electrons. The highest BCUT2D eigenvalue weighted by Crippen LogP contribution is 2.20. The maximum Gasteiger partial charge on any atom is 0.123 e. The molecule has 1 nitrogen and oxygen atoms in total. The van der Waals surface area contributed by atoms with E-state index in [4.69, 9.17) is 5.73 Å². The molecule has 0 unspecified atom stereocenters.